The summed E-state index contributed by atoms with van der Waals surface area (Å²) in [5.74, 6) is -2.03. The fourth-order valence-electron chi connectivity index (χ4n) is 5.88. The van der Waals surface area contributed by atoms with Crippen LogP contribution in [0.4, 0.5) is 5.69 Å². The van der Waals surface area contributed by atoms with Gasteiger partial charge in [-0.2, -0.15) is 0 Å². The smallest absolute Gasteiger partial charge is 0.315 e. The number of nitro benzene ring substituents is 1. The van der Waals surface area contributed by atoms with Crippen LogP contribution in [0.1, 0.15) is 57.6 Å². The second kappa shape index (κ2) is 11.5. The van der Waals surface area contributed by atoms with Crippen molar-refractivity contribution >= 4 is 11.5 Å². The number of carbonyl (C=O) groups is 1. The van der Waals surface area contributed by atoms with Crippen molar-refractivity contribution in [3.05, 3.63) is 110 Å². The number of phenols is 4. The zero-order chi connectivity index (χ0) is 30.1. The van der Waals surface area contributed by atoms with Crippen molar-refractivity contribution in [2.24, 2.45) is 0 Å². The van der Waals surface area contributed by atoms with E-state index in [2.05, 4.69) is 30.0 Å². The number of nitro groups is 1. The molecular weight excluding hydrogens is 536 g/mol. The topological polar surface area (TPSA) is 144 Å². The third kappa shape index (κ3) is 5.26. The molecule has 4 aromatic rings. The number of nitrogens with zero attached hydrogens (tertiary/aromatic N) is 2. The van der Waals surface area contributed by atoms with Crippen molar-refractivity contribution in [3.63, 3.8) is 0 Å². The fourth-order valence-corrected chi connectivity index (χ4v) is 5.88. The van der Waals surface area contributed by atoms with Gasteiger partial charge in [0, 0.05) is 35.3 Å². The minimum atomic E-state index is -0.860. The molecule has 2 aliphatic rings. The molecular formula is C33H32N2O7. The van der Waals surface area contributed by atoms with E-state index in [1.165, 1.54) is 11.1 Å². The van der Waals surface area contributed by atoms with Crippen LogP contribution in [0.5, 0.6) is 23.0 Å². The molecule has 0 saturated carbocycles. The first kappa shape index (κ1) is 28.6. The van der Waals surface area contributed by atoms with E-state index in [-0.39, 0.29) is 17.1 Å². The Morgan fingerprint density at radius 2 is 1.67 bits per heavy atom. The van der Waals surface area contributed by atoms with Crippen LogP contribution in [0.3, 0.4) is 0 Å². The summed E-state index contributed by atoms with van der Waals surface area (Å²) in [6, 6.07) is 18.9. The molecule has 1 heterocycles. The van der Waals surface area contributed by atoms with Gasteiger partial charge in [-0.05, 0) is 67.1 Å². The van der Waals surface area contributed by atoms with Gasteiger partial charge in [0.05, 0.1) is 4.92 Å². The Hall–Kier alpha value is -4.89. The van der Waals surface area contributed by atoms with Crippen LogP contribution in [0.2, 0.25) is 0 Å². The van der Waals surface area contributed by atoms with Crippen LogP contribution >= 0.6 is 0 Å². The lowest BCUT2D eigenvalue weighted by molar-refractivity contribution is -0.386. The van der Waals surface area contributed by atoms with E-state index in [9.17, 15) is 35.3 Å². The summed E-state index contributed by atoms with van der Waals surface area (Å²) in [6.07, 6.45) is 3.13. The van der Waals surface area contributed by atoms with Crippen molar-refractivity contribution in [1.29, 1.82) is 0 Å². The van der Waals surface area contributed by atoms with Crippen LogP contribution in [0.15, 0.2) is 66.7 Å². The van der Waals surface area contributed by atoms with Gasteiger partial charge < -0.3 is 20.4 Å². The van der Waals surface area contributed by atoms with E-state index in [0.717, 1.165) is 66.7 Å². The molecule has 0 aromatic heterocycles. The van der Waals surface area contributed by atoms with Crippen LogP contribution in [0, 0.1) is 17.0 Å². The zero-order valence-corrected chi connectivity index (χ0v) is 23.4. The number of ketones is 1. The number of rotatable bonds is 5. The highest BCUT2D eigenvalue weighted by Crippen LogP contribution is 2.50. The van der Waals surface area contributed by atoms with Gasteiger partial charge >= 0.3 is 5.69 Å². The average Bonchev–Trinajstić information content (AvgIpc) is 2.98. The summed E-state index contributed by atoms with van der Waals surface area (Å²) in [4.78, 5) is 24.6. The Balaban J connectivity index is 0.000000169. The van der Waals surface area contributed by atoms with E-state index in [0.29, 0.717) is 11.6 Å². The van der Waals surface area contributed by atoms with E-state index in [1.54, 1.807) is 30.3 Å². The van der Waals surface area contributed by atoms with Gasteiger partial charge in [-0.25, -0.2) is 0 Å². The van der Waals surface area contributed by atoms with Crippen LogP contribution in [-0.4, -0.2) is 49.1 Å². The molecule has 0 saturated heterocycles. The summed E-state index contributed by atoms with van der Waals surface area (Å²) >= 11 is 0. The lowest BCUT2D eigenvalue weighted by atomic mass is 9.76. The molecule has 0 fully saturated rings. The third-order valence-electron chi connectivity index (χ3n) is 7.92. The summed E-state index contributed by atoms with van der Waals surface area (Å²) in [7, 11) is 0. The minimum absolute atomic E-state index is 0.0250. The van der Waals surface area contributed by atoms with Gasteiger partial charge in [-0.1, -0.05) is 61.0 Å². The zero-order valence-electron chi connectivity index (χ0n) is 23.4. The van der Waals surface area contributed by atoms with Crippen molar-refractivity contribution < 1.29 is 30.1 Å². The van der Waals surface area contributed by atoms with E-state index in [1.807, 2.05) is 13.0 Å². The van der Waals surface area contributed by atoms with E-state index in [4.69, 9.17) is 0 Å². The SMILES string of the molecule is CCCN1CCc2cccc3c2[C@H]1Cc1ccc(O)c(O)c1-3.Cc1ccc(C(=O)c2cc(O)c(O)c([N+](=O)[O-])c2)cc1. The lowest BCUT2D eigenvalue weighted by Gasteiger charge is -2.41. The normalized spacial score (nSPS) is 15.1. The Morgan fingerprint density at radius 1 is 0.929 bits per heavy atom. The largest absolute Gasteiger partial charge is 0.504 e. The molecule has 9 nitrogen and oxygen atoms in total. The molecule has 42 heavy (non-hydrogen) atoms. The molecule has 4 N–H and O–H groups in total. The van der Waals surface area contributed by atoms with Crippen LogP contribution in [-0.2, 0) is 12.8 Å². The van der Waals surface area contributed by atoms with Gasteiger partial charge in [-0.15, -0.1) is 0 Å². The maximum absolute atomic E-state index is 12.2. The van der Waals surface area contributed by atoms with Crippen LogP contribution in [0.25, 0.3) is 11.1 Å². The summed E-state index contributed by atoms with van der Waals surface area (Å²) in [5, 5.41) is 49.8. The van der Waals surface area contributed by atoms with Crippen LogP contribution < -0.4 is 0 Å². The molecule has 1 aliphatic carbocycles. The lowest BCUT2D eigenvalue weighted by Crippen LogP contribution is -2.38. The van der Waals surface area contributed by atoms with Crippen molar-refractivity contribution in [1.82, 2.24) is 4.90 Å². The third-order valence-corrected chi connectivity index (χ3v) is 7.92. The molecule has 1 atom stereocenters. The number of hydrogen-bond donors (Lipinski definition) is 4. The number of phenolic OH excluding ortho intramolecular Hbond substituents is 4. The molecule has 0 spiro atoms. The van der Waals surface area contributed by atoms with Gasteiger partial charge in [0.25, 0.3) is 0 Å². The van der Waals surface area contributed by atoms with Gasteiger partial charge in [-0.3, -0.25) is 19.8 Å². The number of carbonyl (C=O) groups excluding carboxylic acids is 1. The first-order valence-corrected chi connectivity index (χ1v) is 13.8. The Kier molecular flexibility index (Phi) is 7.87. The van der Waals surface area contributed by atoms with E-state index >= 15 is 0 Å². The number of aryl methyl sites for hydroxylation is 1. The molecule has 0 radical (unpaired) electrons. The fraction of sp³-hybridized carbons (Fsp3) is 0.242. The first-order valence-electron chi connectivity index (χ1n) is 13.8. The molecule has 4 aromatic carbocycles. The number of fused-ring (bicyclic) bond motifs is 2. The highest BCUT2D eigenvalue weighted by atomic mass is 16.6. The molecule has 1 aliphatic heterocycles. The summed E-state index contributed by atoms with van der Waals surface area (Å²) in [5.41, 5.74) is 6.35. The minimum Gasteiger partial charge on any atom is -0.504 e. The monoisotopic (exact) mass is 568 g/mol. The maximum atomic E-state index is 12.2. The van der Waals surface area contributed by atoms with E-state index < -0.39 is 27.9 Å². The predicted molar refractivity (Wildman–Crippen MR) is 158 cm³/mol. The summed E-state index contributed by atoms with van der Waals surface area (Å²) in [6.45, 7) is 6.31. The first-order chi connectivity index (χ1) is 20.1. The molecule has 0 bridgehead atoms. The molecule has 0 amide bonds. The summed E-state index contributed by atoms with van der Waals surface area (Å²) < 4.78 is 0. The second-order valence-corrected chi connectivity index (χ2v) is 10.7. The predicted octanol–water partition coefficient (Wildman–Crippen LogP) is 6.18. The van der Waals surface area contributed by atoms with Gasteiger partial charge in [0.2, 0.25) is 5.75 Å². The van der Waals surface area contributed by atoms with Gasteiger partial charge in [0.15, 0.2) is 23.0 Å². The van der Waals surface area contributed by atoms with Gasteiger partial charge in [0.1, 0.15) is 0 Å². The number of benzene rings is 4. The molecule has 216 valence electrons. The van der Waals surface area contributed by atoms with Crippen molar-refractivity contribution in [2.45, 2.75) is 39.2 Å². The quantitative estimate of drug-likeness (QED) is 0.0967. The van der Waals surface area contributed by atoms with Crippen molar-refractivity contribution in [3.8, 4) is 34.1 Å². The Bertz CT molecular complexity index is 1680. The molecule has 9 heteroatoms. The second-order valence-electron chi connectivity index (χ2n) is 10.7. The number of aromatic hydroxyl groups is 4. The number of hydrogen-bond acceptors (Lipinski definition) is 8. The average molecular weight is 569 g/mol. The highest BCUT2D eigenvalue weighted by molar-refractivity contribution is 6.09. The molecule has 6 rings (SSSR count). The Labute approximate surface area is 243 Å². The standard InChI is InChI=1S/C19H21NO2.C14H11NO5/c1-2-9-20-10-8-12-4-3-5-14-17(12)15(20)11-13-6-7-16(21)19(22)18(13)14;1-8-2-4-9(5-3-8)13(17)10-6-11(15(19)20)14(18)12(16)7-10/h3-7,15,21-22H,2,8-11H2,1H3;2-7,16,18H,1H3/t15-;/m1./s1. The maximum Gasteiger partial charge on any atom is 0.315 e. The van der Waals surface area contributed by atoms with Crippen molar-refractivity contribution in [2.75, 3.05) is 13.1 Å². The molecule has 0 unspecified atom stereocenters. The Morgan fingerprint density at radius 3 is 2.36 bits per heavy atom. The highest BCUT2D eigenvalue weighted by Gasteiger charge is 2.35.